The van der Waals surface area contributed by atoms with Gasteiger partial charge in [-0.3, -0.25) is 4.99 Å². The summed E-state index contributed by atoms with van der Waals surface area (Å²) in [5.41, 5.74) is 8.78. The fourth-order valence-electron chi connectivity index (χ4n) is 5.35. The summed E-state index contributed by atoms with van der Waals surface area (Å²) < 4.78 is 2.24. The lowest BCUT2D eigenvalue weighted by atomic mass is 9.81. The molecule has 0 saturated carbocycles. The summed E-state index contributed by atoms with van der Waals surface area (Å²) in [5, 5.41) is 19.4. The maximum absolute atomic E-state index is 12.2. The number of hydrogen-bond donors (Lipinski definition) is 2. The van der Waals surface area contributed by atoms with E-state index >= 15 is 0 Å². The second kappa shape index (κ2) is 7.93. The molecule has 2 N–H and O–H groups in total. The van der Waals surface area contributed by atoms with E-state index in [0.29, 0.717) is 12.1 Å². The lowest BCUT2D eigenvalue weighted by molar-refractivity contribution is -0.133. The zero-order valence-electron chi connectivity index (χ0n) is 18.1. The molecule has 5 rings (SSSR count). The Morgan fingerprint density at radius 1 is 1.06 bits per heavy atom. The van der Waals surface area contributed by atoms with Crippen LogP contribution in [0, 0.1) is 0 Å². The van der Waals surface area contributed by atoms with Gasteiger partial charge in [0.2, 0.25) is 0 Å². The van der Waals surface area contributed by atoms with Crippen LogP contribution >= 0.6 is 0 Å². The number of aryl methyl sites for hydroxylation is 2. The van der Waals surface area contributed by atoms with Crippen molar-refractivity contribution in [1.82, 2.24) is 4.57 Å². The van der Waals surface area contributed by atoms with Crippen molar-refractivity contribution in [2.75, 3.05) is 6.54 Å². The van der Waals surface area contributed by atoms with E-state index in [-0.39, 0.29) is 5.57 Å². The SMILES string of the molecule is CC1=NCCn2c1cc1c2-c2c(cc(C3=CCCCC3)cc2C(=CC(=O)O)C(=O)O)CC1. The summed E-state index contributed by atoms with van der Waals surface area (Å²) in [4.78, 5) is 28.3. The molecule has 1 aromatic heterocycles. The summed E-state index contributed by atoms with van der Waals surface area (Å²) in [6.45, 7) is 3.43. The molecule has 3 aliphatic rings. The maximum atomic E-state index is 12.2. The van der Waals surface area contributed by atoms with Crippen molar-refractivity contribution in [3.8, 4) is 11.3 Å². The molecular weight excluding hydrogens is 404 g/mol. The first kappa shape index (κ1) is 20.5. The first-order chi connectivity index (χ1) is 15.4. The number of aromatic nitrogens is 1. The van der Waals surface area contributed by atoms with Gasteiger partial charge in [0.15, 0.2) is 0 Å². The third-order valence-corrected chi connectivity index (χ3v) is 6.79. The Morgan fingerprint density at radius 3 is 2.59 bits per heavy atom. The zero-order chi connectivity index (χ0) is 22.4. The highest BCUT2D eigenvalue weighted by atomic mass is 16.4. The molecule has 0 bridgehead atoms. The van der Waals surface area contributed by atoms with Gasteiger partial charge in [-0.1, -0.05) is 12.1 Å². The number of carboxylic acid groups (broad SMARTS) is 2. The molecule has 6 heteroatoms. The van der Waals surface area contributed by atoms with Crippen LogP contribution in [-0.4, -0.2) is 39.0 Å². The van der Waals surface area contributed by atoms with E-state index in [1.807, 2.05) is 13.0 Å². The molecule has 6 nitrogen and oxygen atoms in total. The number of allylic oxidation sites excluding steroid dienone is 2. The first-order valence-corrected chi connectivity index (χ1v) is 11.2. The highest BCUT2D eigenvalue weighted by Crippen LogP contribution is 2.43. The quantitative estimate of drug-likeness (QED) is 0.694. The molecule has 2 heterocycles. The van der Waals surface area contributed by atoms with Crippen LogP contribution in [0.5, 0.6) is 0 Å². The highest BCUT2D eigenvalue weighted by molar-refractivity contribution is 6.21. The van der Waals surface area contributed by atoms with E-state index < -0.39 is 11.9 Å². The van der Waals surface area contributed by atoms with Gasteiger partial charge in [-0.25, -0.2) is 9.59 Å². The lowest BCUT2D eigenvalue weighted by Gasteiger charge is -2.26. The van der Waals surface area contributed by atoms with Gasteiger partial charge in [0.1, 0.15) is 0 Å². The molecule has 1 aliphatic heterocycles. The Kier molecular flexibility index (Phi) is 5.08. The smallest absolute Gasteiger partial charge is 0.336 e. The monoisotopic (exact) mass is 430 g/mol. The van der Waals surface area contributed by atoms with Crippen LogP contribution in [0.25, 0.3) is 22.4 Å². The molecule has 2 aromatic rings. The van der Waals surface area contributed by atoms with Crippen molar-refractivity contribution in [3.63, 3.8) is 0 Å². The summed E-state index contributed by atoms with van der Waals surface area (Å²) in [7, 11) is 0. The second-order valence-corrected chi connectivity index (χ2v) is 8.76. The Bertz CT molecular complexity index is 1240. The van der Waals surface area contributed by atoms with Crippen LogP contribution < -0.4 is 0 Å². The summed E-state index contributed by atoms with van der Waals surface area (Å²) in [5.74, 6) is -2.48. The molecule has 0 atom stereocenters. The standard InChI is InChI=1S/C26H26N2O4/c1-15-22-13-18-8-7-17-11-19(16-5-3-2-4-6-16)12-20(21(26(31)32)14-23(29)30)24(17)25(18)28(22)10-9-27-15/h5,11-14H,2-4,6-10H2,1H3,(H,29,30)(H,31,32). The van der Waals surface area contributed by atoms with E-state index in [4.69, 9.17) is 0 Å². The number of carboxylic acids is 2. The van der Waals surface area contributed by atoms with Crippen molar-refractivity contribution in [2.45, 2.75) is 52.0 Å². The van der Waals surface area contributed by atoms with Gasteiger partial charge in [0.05, 0.1) is 29.2 Å². The summed E-state index contributed by atoms with van der Waals surface area (Å²) in [6, 6.07) is 6.26. The summed E-state index contributed by atoms with van der Waals surface area (Å²) in [6.07, 6.45) is 9.02. The van der Waals surface area contributed by atoms with Crippen molar-refractivity contribution < 1.29 is 19.8 Å². The second-order valence-electron chi connectivity index (χ2n) is 8.76. The molecule has 1 aromatic carbocycles. The third kappa shape index (κ3) is 3.40. The van der Waals surface area contributed by atoms with Gasteiger partial charge < -0.3 is 14.8 Å². The lowest BCUT2D eigenvalue weighted by Crippen LogP contribution is -2.19. The molecule has 32 heavy (non-hydrogen) atoms. The van der Waals surface area contributed by atoms with Gasteiger partial charge in [-0.2, -0.15) is 0 Å². The minimum atomic E-state index is -1.25. The topological polar surface area (TPSA) is 91.9 Å². The van der Waals surface area contributed by atoms with E-state index in [2.05, 4.69) is 27.8 Å². The fraction of sp³-hybridized carbons (Fsp3) is 0.346. The highest BCUT2D eigenvalue weighted by Gasteiger charge is 2.30. The fourth-order valence-corrected chi connectivity index (χ4v) is 5.35. The number of aliphatic imine (C=N–C) groups is 1. The number of nitrogens with zero attached hydrogens (tertiary/aromatic N) is 2. The van der Waals surface area contributed by atoms with Gasteiger partial charge in [0, 0.05) is 18.2 Å². The van der Waals surface area contributed by atoms with Crippen LogP contribution in [0.2, 0.25) is 0 Å². The number of benzene rings is 1. The molecular formula is C26H26N2O4. The Balaban J connectivity index is 1.81. The van der Waals surface area contributed by atoms with Crippen LogP contribution in [0.15, 0.2) is 35.3 Å². The molecule has 0 saturated heterocycles. The van der Waals surface area contributed by atoms with Gasteiger partial charge >= 0.3 is 11.9 Å². The van der Waals surface area contributed by atoms with Crippen molar-refractivity contribution in [1.29, 1.82) is 0 Å². The average Bonchev–Trinajstić information content (AvgIpc) is 3.17. The predicted molar refractivity (Wildman–Crippen MR) is 124 cm³/mol. The van der Waals surface area contributed by atoms with Crippen LogP contribution in [0.3, 0.4) is 0 Å². The number of fused-ring (bicyclic) bond motifs is 5. The number of rotatable bonds is 4. The van der Waals surface area contributed by atoms with Crippen molar-refractivity contribution in [3.05, 3.63) is 58.3 Å². The Morgan fingerprint density at radius 2 is 1.88 bits per heavy atom. The Labute approximate surface area is 186 Å². The van der Waals surface area contributed by atoms with Crippen molar-refractivity contribution >= 4 is 28.8 Å². The number of carbonyl (C=O) groups is 2. The van der Waals surface area contributed by atoms with E-state index in [1.165, 1.54) is 17.6 Å². The Hall–Kier alpha value is -3.41. The largest absolute Gasteiger partial charge is 0.478 e. The molecule has 164 valence electrons. The van der Waals surface area contributed by atoms with Gasteiger partial charge in [-0.15, -0.1) is 0 Å². The van der Waals surface area contributed by atoms with Crippen molar-refractivity contribution in [2.24, 2.45) is 4.99 Å². The average molecular weight is 431 g/mol. The first-order valence-electron chi connectivity index (χ1n) is 11.2. The molecule has 0 amide bonds. The molecule has 0 fully saturated rings. The summed E-state index contributed by atoms with van der Waals surface area (Å²) >= 11 is 0. The van der Waals surface area contributed by atoms with E-state index in [1.54, 1.807) is 0 Å². The number of aliphatic carboxylic acids is 2. The van der Waals surface area contributed by atoms with Gasteiger partial charge in [0.25, 0.3) is 0 Å². The zero-order valence-corrected chi connectivity index (χ0v) is 18.1. The van der Waals surface area contributed by atoms with E-state index in [0.717, 1.165) is 78.5 Å². The van der Waals surface area contributed by atoms with Gasteiger partial charge in [-0.05, 0) is 85.4 Å². The van der Waals surface area contributed by atoms with Crippen LogP contribution in [0.1, 0.15) is 60.6 Å². The molecule has 0 radical (unpaired) electrons. The number of hydrogen-bond acceptors (Lipinski definition) is 3. The minimum absolute atomic E-state index is 0.170. The minimum Gasteiger partial charge on any atom is -0.478 e. The van der Waals surface area contributed by atoms with Crippen LogP contribution in [0.4, 0.5) is 0 Å². The maximum Gasteiger partial charge on any atom is 0.336 e. The molecule has 0 spiro atoms. The molecule has 0 unspecified atom stereocenters. The van der Waals surface area contributed by atoms with Crippen LogP contribution in [-0.2, 0) is 29.0 Å². The normalized spacial score (nSPS) is 17.6. The third-order valence-electron chi connectivity index (χ3n) is 6.79. The molecule has 2 aliphatic carbocycles. The van der Waals surface area contributed by atoms with E-state index in [9.17, 15) is 19.8 Å². The predicted octanol–water partition coefficient (Wildman–Crippen LogP) is 4.59.